The Balaban J connectivity index is 2.10. The molecule has 0 spiro atoms. The van der Waals surface area contributed by atoms with Gasteiger partial charge < -0.3 is 10.2 Å². The molecule has 0 atom stereocenters. The molecule has 2 aromatic heterocycles. The SMILES string of the molecule is Cc1nn(Cc2c(C)oc3ccccc23)c(N)c1I. The number of aryl methyl sites for hydroxylation is 2. The third-order valence-corrected chi connectivity index (χ3v) is 4.63. The first kappa shape index (κ1) is 12.5. The second-order valence-electron chi connectivity index (χ2n) is 4.58. The minimum atomic E-state index is 0.637. The molecule has 5 heteroatoms. The number of halogens is 1. The number of furan rings is 1. The first-order chi connectivity index (χ1) is 9.08. The molecule has 0 bridgehead atoms. The van der Waals surface area contributed by atoms with Crippen molar-refractivity contribution < 1.29 is 4.42 Å². The summed E-state index contributed by atoms with van der Waals surface area (Å²) in [7, 11) is 0. The molecule has 0 fully saturated rings. The van der Waals surface area contributed by atoms with Crippen LogP contribution in [0.25, 0.3) is 11.0 Å². The van der Waals surface area contributed by atoms with E-state index < -0.39 is 0 Å². The number of para-hydroxylation sites is 1. The van der Waals surface area contributed by atoms with E-state index in [1.165, 1.54) is 0 Å². The molecule has 0 unspecified atom stereocenters. The lowest BCUT2D eigenvalue weighted by atomic mass is 10.1. The first-order valence-electron chi connectivity index (χ1n) is 6.03. The molecule has 2 N–H and O–H groups in total. The summed E-state index contributed by atoms with van der Waals surface area (Å²) in [5.74, 6) is 1.63. The third kappa shape index (κ3) is 2.01. The van der Waals surface area contributed by atoms with Crippen LogP contribution in [0.5, 0.6) is 0 Å². The second-order valence-corrected chi connectivity index (χ2v) is 5.65. The Morgan fingerprint density at radius 2 is 2.05 bits per heavy atom. The standard InChI is InChI=1S/C14H14IN3O/c1-8-13(15)14(16)18(17-8)7-11-9(2)19-12-6-4-3-5-10(11)12/h3-6H,7,16H2,1-2H3. The average molecular weight is 367 g/mol. The molecule has 3 aromatic rings. The summed E-state index contributed by atoms with van der Waals surface area (Å²) in [6.07, 6.45) is 0. The number of anilines is 1. The van der Waals surface area contributed by atoms with Gasteiger partial charge in [-0.05, 0) is 42.5 Å². The van der Waals surface area contributed by atoms with Crippen LogP contribution in [-0.4, -0.2) is 9.78 Å². The lowest BCUT2D eigenvalue weighted by Gasteiger charge is -2.03. The lowest BCUT2D eigenvalue weighted by Crippen LogP contribution is -2.06. The molecule has 0 amide bonds. The summed E-state index contributed by atoms with van der Waals surface area (Å²) < 4.78 is 8.62. The van der Waals surface area contributed by atoms with Gasteiger partial charge in [0.05, 0.1) is 15.8 Å². The van der Waals surface area contributed by atoms with Gasteiger partial charge in [-0.2, -0.15) is 5.10 Å². The van der Waals surface area contributed by atoms with Gasteiger partial charge in [0.25, 0.3) is 0 Å². The van der Waals surface area contributed by atoms with Crippen LogP contribution in [-0.2, 0) is 6.54 Å². The number of nitrogen functional groups attached to an aromatic ring is 1. The highest BCUT2D eigenvalue weighted by atomic mass is 127. The van der Waals surface area contributed by atoms with Crippen LogP contribution in [0.15, 0.2) is 28.7 Å². The van der Waals surface area contributed by atoms with Crippen molar-refractivity contribution in [2.75, 3.05) is 5.73 Å². The van der Waals surface area contributed by atoms with Crippen LogP contribution in [0.4, 0.5) is 5.82 Å². The molecule has 0 saturated heterocycles. The second kappa shape index (κ2) is 4.56. The minimum absolute atomic E-state index is 0.637. The summed E-state index contributed by atoms with van der Waals surface area (Å²) >= 11 is 2.23. The zero-order valence-corrected chi connectivity index (χ0v) is 12.9. The van der Waals surface area contributed by atoms with Gasteiger partial charge in [-0.15, -0.1) is 0 Å². The van der Waals surface area contributed by atoms with Gasteiger partial charge >= 0.3 is 0 Å². The van der Waals surface area contributed by atoms with Crippen molar-refractivity contribution in [1.82, 2.24) is 9.78 Å². The van der Waals surface area contributed by atoms with Crippen LogP contribution >= 0.6 is 22.6 Å². The smallest absolute Gasteiger partial charge is 0.135 e. The van der Waals surface area contributed by atoms with E-state index in [1.807, 2.05) is 36.7 Å². The van der Waals surface area contributed by atoms with E-state index in [-0.39, 0.29) is 0 Å². The van der Waals surface area contributed by atoms with Crippen LogP contribution < -0.4 is 5.73 Å². The summed E-state index contributed by atoms with van der Waals surface area (Å²) in [5, 5.41) is 5.60. The summed E-state index contributed by atoms with van der Waals surface area (Å²) in [5.41, 5.74) is 9.09. The fraction of sp³-hybridized carbons (Fsp3) is 0.214. The highest BCUT2D eigenvalue weighted by Gasteiger charge is 2.15. The van der Waals surface area contributed by atoms with Gasteiger partial charge in [0.15, 0.2) is 0 Å². The zero-order valence-electron chi connectivity index (χ0n) is 10.8. The molecule has 0 radical (unpaired) electrons. The summed E-state index contributed by atoms with van der Waals surface area (Å²) in [6, 6.07) is 8.04. The van der Waals surface area contributed by atoms with Crippen LogP contribution in [0, 0.1) is 17.4 Å². The van der Waals surface area contributed by atoms with Gasteiger partial charge in [0.1, 0.15) is 17.2 Å². The van der Waals surface area contributed by atoms with E-state index in [0.717, 1.165) is 31.6 Å². The third-order valence-electron chi connectivity index (χ3n) is 3.30. The number of nitrogens with zero attached hydrogens (tertiary/aromatic N) is 2. The number of nitrogens with two attached hydrogens (primary N) is 1. The molecule has 1 aromatic carbocycles. The topological polar surface area (TPSA) is 57.0 Å². The Morgan fingerprint density at radius 1 is 1.32 bits per heavy atom. The Bertz CT molecular complexity index is 757. The highest BCUT2D eigenvalue weighted by molar-refractivity contribution is 14.1. The van der Waals surface area contributed by atoms with Gasteiger partial charge in [0.2, 0.25) is 0 Å². The van der Waals surface area contributed by atoms with Gasteiger partial charge in [-0.3, -0.25) is 0 Å². The molecule has 0 saturated carbocycles. The number of rotatable bonds is 2. The van der Waals surface area contributed by atoms with E-state index in [9.17, 15) is 0 Å². The molecule has 0 aliphatic heterocycles. The maximum Gasteiger partial charge on any atom is 0.135 e. The average Bonchev–Trinajstić information content (AvgIpc) is 2.83. The Hall–Kier alpha value is -1.50. The largest absolute Gasteiger partial charge is 0.461 e. The highest BCUT2D eigenvalue weighted by Crippen LogP contribution is 2.27. The van der Waals surface area contributed by atoms with E-state index in [2.05, 4.69) is 33.8 Å². The molecule has 3 rings (SSSR count). The summed E-state index contributed by atoms with van der Waals surface area (Å²) in [6.45, 7) is 4.58. The number of fused-ring (bicyclic) bond motifs is 1. The van der Waals surface area contributed by atoms with E-state index in [1.54, 1.807) is 0 Å². The van der Waals surface area contributed by atoms with Crippen molar-refractivity contribution in [2.45, 2.75) is 20.4 Å². The summed E-state index contributed by atoms with van der Waals surface area (Å²) in [4.78, 5) is 0. The van der Waals surface area contributed by atoms with Gasteiger partial charge in [-0.1, -0.05) is 18.2 Å². The monoisotopic (exact) mass is 367 g/mol. The molecule has 19 heavy (non-hydrogen) atoms. The number of hydrogen-bond donors (Lipinski definition) is 1. The molecule has 98 valence electrons. The molecular weight excluding hydrogens is 353 g/mol. The zero-order chi connectivity index (χ0) is 13.6. The minimum Gasteiger partial charge on any atom is -0.461 e. The van der Waals surface area contributed by atoms with Crippen LogP contribution in [0.2, 0.25) is 0 Å². The van der Waals surface area contributed by atoms with Crippen molar-refractivity contribution >= 4 is 39.4 Å². The Morgan fingerprint density at radius 3 is 2.74 bits per heavy atom. The van der Waals surface area contributed by atoms with Crippen molar-refractivity contribution in [1.29, 1.82) is 0 Å². The molecule has 4 nitrogen and oxygen atoms in total. The van der Waals surface area contributed by atoms with Crippen molar-refractivity contribution in [3.63, 3.8) is 0 Å². The Kier molecular flexibility index (Phi) is 3.00. The Labute approximate surface area is 124 Å². The number of hydrogen-bond acceptors (Lipinski definition) is 3. The fourth-order valence-corrected chi connectivity index (χ4v) is 2.65. The molecule has 2 heterocycles. The predicted octanol–water partition coefficient (Wildman–Crippen LogP) is 3.48. The van der Waals surface area contributed by atoms with Crippen molar-refractivity contribution in [2.24, 2.45) is 0 Å². The van der Waals surface area contributed by atoms with Gasteiger partial charge in [-0.25, -0.2) is 4.68 Å². The lowest BCUT2D eigenvalue weighted by molar-refractivity contribution is 0.564. The normalized spacial score (nSPS) is 11.3. The fourth-order valence-electron chi connectivity index (χ4n) is 2.27. The van der Waals surface area contributed by atoms with Crippen molar-refractivity contribution in [3.05, 3.63) is 44.9 Å². The maximum absolute atomic E-state index is 6.08. The predicted molar refractivity (Wildman–Crippen MR) is 84.1 cm³/mol. The van der Waals surface area contributed by atoms with E-state index in [0.29, 0.717) is 12.4 Å². The van der Waals surface area contributed by atoms with E-state index >= 15 is 0 Å². The quantitative estimate of drug-likeness (QED) is 0.706. The van der Waals surface area contributed by atoms with Crippen LogP contribution in [0.1, 0.15) is 17.0 Å². The molecular formula is C14H14IN3O. The number of benzene rings is 1. The first-order valence-corrected chi connectivity index (χ1v) is 7.11. The molecule has 0 aliphatic carbocycles. The van der Waals surface area contributed by atoms with E-state index in [4.69, 9.17) is 10.2 Å². The van der Waals surface area contributed by atoms with Gasteiger partial charge in [0, 0.05) is 10.9 Å². The van der Waals surface area contributed by atoms with Crippen LogP contribution in [0.3, 0.4) is 0 Å². The molecule has 0 aliphatic rings. The number of aromatic nitrogens is 2. The van der Waals surface area contributed by atoms with Crippen molar-refractivity contribution in [3.8, 4) is 0 Å². The maximum atomic E-state index is 6.08.